The molecular weight excluding hydrogens is 333 g/mol. The van der Waals surface area contributed by atoms with E-state index in [0.717, 1.165) is 12.3 Å². The van der Waals surface area contributed by atoms with Crippen molar-refractivity contribution >= 4 is 11.9 Å². The highest BCUT2D eigenvalue weighted by atomic mass is 19.4. The average Bonchev–Trinajstić information content (AvgIpc) is 2.53. The van der Waals surface area contributed by atoms with Crippen molar-refractivity contribution in [3.8, 4) is 5.88 Å². The van der Waals surface area contributed by atoms with E-state index in [2.05, 4.69) is 20.5 Å². The minimum absolute atomic E-state index is 0.00601. The fourth-order valence-corrected chi connectivity index (χ4v) is 1.78. The van der Waals surface area contributed by atoms with Gasteiger partial charge in [-0.05, 0) is 6.07 Å². The number of nitrogens with one attached hydrogen (secondary N) is 2. The zero-order chi connectivity index (χ0) is 17.6. The molecule has 0 saturated carbocycles. The third kappa shape index (κ3) is 6.01. The van der Waals surface area contributed by atoms with Crippen LogP contribution in [0.1, 0.15) is 10.4 Å². The molecule has 11 heteroatoms. The van der Waals surface area contributed by atoms with Crippen LogP contribution in [0.3, 0.4) is 0 Å². The Labute approximate surface area is 134 Å². The molecule has 24 heavy (non-hydrogen) atoms. The van der Waals surface area contributed by atoms with Crippen LogP contribution in [0.5, 0.6) is 5.88 Å². The monoisotopic (exact) mass is 348 g/mol. The van der Waals surface area contributed by atoms with Crippen LogP contribution >= 0.6 is 0 Å². The van der Waals surface area contributed by atoms with Crippen molar-refractivity contribution in [1.29, 1.82) is 0 Å². The largest absolute Gasteiger partial charge is 0.468 e. The van der Waals surface area contributed by atoms with E-state index in [1.54, 1.807) is 5.01 Å². The first-order valence-corrected chi connectivity index (χ1v) is 6.94. The average molecular weight is 348 g/mol. The fraction of sp³-hybridized carbons (Fsp3) is 0.462. The molecule has 0 radical (unpaired) electrons. The van der Waals surface area contributed by atoms with Gasteiger partial charge in [0, 0.05) is 25.4 Å². The van der Waals surface area contributed by atoms with Gasteiger partial charge in [-0.2, -0.15) is 13.2 Å². The second kappa shape index (κ2) is 7.93. The van der Waals surface area contributed by atoms with Gasteiger partial charge in [0.25, 0.3) is 5.91 Å². The Bertz CT molecular complexity index is 574. The van der Waals surface area contributed by atoms with Gasteiger partial charge in [0.05, 0.1) is 18.8 Å². The lowest BCUT2D eigenvalue weighted by Gasteiger charge is -2.26. The molecule has 0 bridgehead atoms. The van der Waals surface area contributed by atoms with Crippen LogP contribution in [0.15, 0.2) is 18.3 Å². The topological polar surface area (TPSA) is 92.8 Å². The molecule has 3 amide bonds. The minimum atomic E-state index is -4.48. The summed E-state index contributed by atoms with van der Waals surface area (Å²) in [5.74, 6) is -1.02. The van der Waals surface area contributed by atoms with Gasteiger partial charge >= 0.3 is 12.2 Å². The van der Waals surface area contributed by atoms with Gasteiger partial charge in [-0.25, -0.2) is 14.8 Å². The number of ether oxygens (including phenoxy) is 2. The number of urea groups is 1. The summed E-state index contributed by atoms with van der Waals surface area (Å²) in [5, 5.41) is 3.68. The number of nitrogens with zero attached hydrogens (tertiary/aromatic N) is 2. The first-order chi connectivity index (χ1) is 11.3. The first kappa shape index (κ1) is 17.9. The number of alkyl halides is 3. The Morgan fingerprint density at radius 3 is 2.58 bits per heavy atom. The minimum Gasteiger partial charge on any atom is -0.468 e. The number of aromatic nitrogens is 1. The Morgan fingerprint density at radius 2 is 2.00 bits per heavy atom. The number of imide groups is 1. The molecule has 1 saturated heterocycles. The maximum atomic E-state index is 12.0. The van der Waals surface area contributed by atoms with Gasteiger partial charge in [0.15, 0.2) is 6.61 Å². The summed E-state index contributed by atoms with van der Waals surface area (Å²) in [4.78, 5) is 27.1. The molecule has 1 fully saturated rings. The van der Waals surface area contributed by atoms with E-state index in [9.17, 15) is 22.8 Å². The van der Waals surface area contributed by atoms with E-state index in [4.69, 9.17) is 4.74 Å². The van der Waals surface area contributed by atoms with E-state index < -0.39 is 24.7 Å². The number of rotatable bonds is 4. The lowest BCUT2D eigenvalue weighted by atomic mass is 10.3. The molecule has 0 spiro atoms. The van der Waals surface area contributed by atoms with Crippen molar-refractivity contribution in [3.05, 3.63) is 23.9 Å². The fourth-order valence-electron chi connectivity index (χ4n) is 1.78. The number of halogens is 3. The maximum Gasteiger partial charge on any atom is 0.422 e. The lowest BCUT2D eigenvalue weighted by Crippen LogP contribution is -2.52. The molecule has 0 atom stereocenters. The van der Waals surface area contributed by atoms with E-state index in [0.29, 0.717) is 26.3 Å². The van der Waals surface area contributed by atoms with Crippen LogP contribution in [0, 0.1) is 0 Å². The second-order valence-electron chi connectivity index (χ2n) is 4.78. The molecule has 2 heterocycles. The van der Waals surface area contributed by atoms with Gasteiger partial charge in [-0.3, -0.25) is 15.5 Å². The lowest BCUT2D eigenvalue weighted by molar-refractivity contribution is -0.154. The van der Waals surface area contributed by atoms with Gasteiger partial charge in [0.1, 0.15) is 0 Å². The summed E-state index contributed by atoms with van der Waals surface area (Å²) >= 11 is 0. The predicted octanol–water partition coefficient (Wildman–Crippen LogP) is 0.709. The summed E-state index contributed by atoms with van der Waals surface area (Å²) < 4.78 is 45.6. The molecule has 0 aromatic carbocycles. The number of pyridine rings is 1. The number of carbonyl (C=O) groups excluding carboxylic acids is 2. The third-order valence-electron chi connectivity index (χ3n) is 2.88. The summed E-state index contributed by atoms with van der Waals surface area (Å²) in [6, 6.07) is 1.59. The highest BCUT2D eigenvalue weighted by Crippen LogP contribution is 2.16. The number of morpholine rings is 1. The molecule has 1 aromatic rings. The van der Waals surface area contributed by atoms with Gasteiger partial charge < -0.3 is 9.47 Å². The molecule has 132 valence electrons. The SMILES string of the molecule is O=C(NC(=O)c1ccc(OCC(F)(F)F)nc1)NN1CCOCC1. The zero-order valence-corrected chi connectivity index (χ0v) is 12.4. The zero-order valence-electron chi connectivity index (χ0n) is 12.4. The normalized spacial score (nSPS) is 15.6. The van der Waals surface area contributed by atoms with Crippen molar-refractivity contribution in [3.63, 3.8) is 0 Å². The maximum absolute atomic E-state index is 12.0. The number of hydrogen-bond donors (Lipinski definition) is 2. The van der Waals surface area contributed by atoms with Crippen molar-refractivity contribution in [2.45, 2.75) is 6.18 Å². The standard InChI is InChI=1S/C13H15F3N4O4/c14-13(15,16)8-24-10-2-1-9(7-17-10)11(21)18-12(22)19-20-3-5-23-6-4-20/h1-2,7H,3-6,8H2,(H2,18,19,21,22). The molecule has 0 aliphatic carbocycles. The van der Waals surface area contributed by atoms with Crippen LogP contribution in [0.2, 0.25) is 0 Å². The molecule has 1 aliphatic rings. The van der Waals surface area contributed by atoms with Crippen molar-refractivity contribution in [2.24, 2.45) is 0 Å². The number of hydrogen-bond acceptors (Lipinski definition) is 6. The molecular formula is C13H15F3N4O4. The highest BCUT2D eigenvalue weighted by Gasteiger charge is 2.28. The van der Waals surface area contributed by atoms with Crippen molar-refractivity contribution in [2.75, 3.05) is 32.9 Å². The molecule has 2 rings (SSSR count). The summed E-state index contributed by atoms with van der Waals surface area (Å²) in [6.45, 7) is 0.450. The Kier molecular flexibility index (Phi) is 5.93. The van der Waals surface area contributed by atoms with E-state index in [-0.39, 0.29) is 11.4 Å². The van der Waals surface area contributed by atoms with Crippen LogP contribution in [0.25, 0.3) is 0 Å². The molecule has 2 N–H and O–H groups in total. The molecule has 1 aromatic heterocycles. The summed E-state index contributed by atoms with van der Waals surface area (Å²) in [5.41, 5.74) is 2.49. The Hall–Kier alpha value is -2.40. The molecule has 8 nitrogen and oxygen atoms in total. The van der Waals surface area contributed by atoms with Crippen LogP contribution in [-0.4, -0.2) is 61.0 Å². The molecule has 0 unspecified atom stereocenters. The quantitative estimate of drug-likeness (QED) is 0.833. The number of amides is 3. The Morgan fingerprint density at radius 1 is 1.29 bits per heavy atom. The predicted molar refractivity (Wildman–Crippen MR) is 74.2 cm³/mol. The van der Waals surface area contributed by atoms with Crippen molar-refractivity contribution < 1.29 is 32.2 Å². The third-order valence-corrected chi connectivity index (χ3v) is 2.88. The van der Waals surface area contributed by atoms with Crippen LogP contribution < -0.4 is 15.5 Å². The number of carbonyl (C=O) groups is 2. The van der Waals surface area contributed by atoms with E-state index >= 15 is 0 Å². The summed E-state index contributed by atoms with van der Waals surface area (Å²) in [7, 11) is 0. The Balaban J connectivity index is 1.82. The van der Waals surface area contributed by atoms with Gasteiger partial charge in [-0.15, -0.1) is 0 Å². The smallest absolute Gasteiger partial charge is 0.422 e. The summed E-state index contributed by atoms with van der Waals surface area (Å²) in [6.07, 6.45) is -3.46. The second-order valence-corrected chi connectivity index (χ2v) is 4.78. The van der Waals surface area contributed by atoms with E-state index in [1.807, 2.05) is 0 Å². The van der Waals surface area contributed by atoms with Gasteiger partial charge in [0.2, 0.25) is 5.88 Å². The van der Waals surface area contributed by atoms with E-state index in [1.165, 1.54) is 6.07 Å². The van der Waals surface area contributed by atoms with Crippen LogP contribution in [0.4, 0.5) is 18.0 Å². The highest BCUT2D eigenvalue weighted by molar-refractivity contribution is 6.03. The first-order valence-electron chi connectivity index (χ1n) is 6.94. The van der Waals surface area contributed by atoms with Crippen molar-refractivity contribution in [1.82, 2.24) is 20.7 Å². The van der Waals surface area contributed by atoms with Gasteiger partial charge in [-0.1, -0.05) is 0 Å². The number of hydrazine groups is 1. The molecule has 1 aliphatic heterocycles. The van der Waals surface area contributed by atoms with Crippen LogP contribution in [-0.2, 0) is 4.74 Å².